The number of aromatic nitrogens is 1. The maximum atomic E-state index is 12.5. The number of amides is 1. The van der Waals surface area contributed by atoms with Gasteiger partial charge in [0.25, 0.3) is 0 Å². The molecular weight excluding hydrogens is 288 g/mol. The van der Waals surface area contributed by atoms with Crippen molar-refractivity contribution in [2.75, 3.05) is 40.8 Å². The Morgan fingerprint density at radius 3 is 2.70 bits per heavy atom. The predicted octanol–water partition coefficient (Wildman–Crippen LogP) is 1.70. The van der Waals surface area contributed by atoms with Crippen LogP contribution in [0.25, 0.3) is 0 Å². The second kappa shape index (κ2) is 7.41. The summed E-state index contributed by atoms with van der Waals surface area (Å²) in [5.74, 6) is 0.705. The number of pyridine rings is 1. The van der Waals surface area contributed by atoms with Crippen LogP contribution in [0.3, 0.4) is 0 Å². The van der Waals surface area contributed by atoms with Gasteiger partial charge in [-0.2, -0.15) is 0 Å². The Bertz CT molecular complexity index is 517. The molecule has 1 aromatic heterocycles. The van der Waals surface area contributed by atoms with Gasteiger partial charge in [-0.25, -0.2) is 0 Å². The lowest BCUT2D eigenvalue weighted by Gasteiger charge is -2.35. The largest absolute Gasteiger partial charge is 0.344 e. The first-order chi connectivity index (χ1) is 10.8. The minimum Gasteiger partial charge on any atom is -0.344 e. The van der Waals surface area contributed by atoms with E-state index in [1.54, 1.807) is 6.20 Å². The quantitative estimate of drug-likeness (QED) is 0.800. The Labute approximate surface area is 140 Å². The van der Waals surface area contributed by atoms with E-state index in [0.29, 0.717) is 19.0 Å². The van der Waals surface area contributed by atoms with Crippen molar-refractivity contribution in [3.8, 4) is 0 Å². The maximum Gasteiger partial charge on any atom is 0.236 e. The summed E-state index contributed by atoms with van der Waals surface area (Å²) in [6.07, 6.45) is 2.95. The molecule has 1 aliphatic heterocycles. The highest BCUT2D eigenvalue weighted by molar-refractivity contribution is 5.78. The van der Waals surface area contributed by atoms with Gasteiger partial charge in [-0.3, -0.25) is 14.7 Å². The number of likely N-dealkylation sites (N-methyl/N-ethyl adjacent to an activating group) is 2. The Hall–Kier alpha value is -1.46. The van der Waals surface area contributed by atoms with Crippen LogP contribution in [-0.4, -0.2) is 71.9 Å². The summed E-state index contributed by atoms with van der Waals surface area (Å²) in [4.78, 5) is 23.1. The highest BCUT2D eigenvalue weighted by atomic mass is 16.2. The third-order valence-corrected chi connectivity index (χ3v) is 5.28. The van der Waals surface area contributed by atoms with Crippen LogP contribution < -0.4 is 0 Å². The Morgan fingerprint density at radius 1 is 1.39 bits per heavy atom. The molecular formula is C18H30N4O. The molecule has 23 heavy (non-hydrogen) atoms. The smallest absolute Gasteiger partial charge is 0.236 e. The molecule has 0 aliphatic carbocycles. The fourth-order valence-corrected chi connectivity index (χ4v) is 3.23. The van der Waals surface area contributed by atoms with Gasteiger partial charge in [0.2, 0.25) is 5.91 Å². The minimum absolute atomic E-state index is 0.161. The van der Waals surface area contributed by atoms with E-state index in [4.69, 9.17) is 0 Å². The first-order valence-electron chi connectivity index (χ1n) is 8.34. The van der Waals surface area contributed by atoms with Crippen LogP contribution in [0.2, 0.25) is 0 Å². The van der Waals surface area contributed by atoms with Crippen molar-refractivity contribution in [2.24, 2.45) is 5.92 Å². The maximum absolute atomic E-state index is 12.5. The topological polar surface area (TPSA) is 39.7 Å². The molecule has 5 nitrogen and oxygen atoms in total. The molecule has 0 N–H and O–H groups in total. The van der Waals surface area contributed by atoms with Gasteiger partial charge in [0.05, 0.1) is 12.2 Å². The van der Waals surface area contributed by atoms with Crippen molar-refractivity contribution < 1.29 is 4.79 Å². The third kappa shape index (κ3) is 4.52. The molecule has 0 saturated carbocycles. The van der Waals surface area contributed by atoms with E-state index in [0.717, 1.165) is 25.2 Å². The monoisotopic (exact) mass is 318 g/mol. The zero-order valence-corrected chi connectivity index (χ0v) is 15.1. The summed E-state index contributed by atoms with van der Waals surface area (Å²) >= 11 is 0. The van der Waals surface area contributed by atoms with E-state index in [9.17, 15) is 4.79 Å². The van der Waals surface area contributed by atoms with Crippen molar-refractivity contribution in [3.63, 3.8) is 0 Å². The molecule has 0 radical (unpaired) electrons. The lowest BCUT2D eigenvalue weighted by Crippen LogP contribution is -2.46. The van der Waals surface area contributed by atoms with Gasteiger partial charge in [-0.15, -0.1) is 0 Å². The summed E-state index contributed by atoms with van der Waals surface area (Å²) in [6.45, 7) is 7.60. The zero-order chi connectivity index (χ0) is 17.0. The molecule has 0 aromatic carbocycles. The van der Waals surface area contributed by atoms with Crippen molar-refractivity contribution in [1.82, 2.24) is 19.7 Å². The number of carbonyl (C=O) groups excluding carboxylic acids is 1. The number of likely N-dealkylation sites (tertiary alicyclic amines) is 1. The number of carbonyl (C=O) groups is 1. The fraction of sp³-hybridized carbons (Fsp3) is 0.667. The summed E-state index contributed by atoms with van der Waals surface area (Å²) in [7, 11) is 6.06. The second-order valence-corrected chi connectivity index (χ2v) is 7.33. The van der Waals surface area contributed by atoms with Crippen LogP contribution >= 0.6 is 0 Å². The van der Waals surface area contributed by atoms with E-state index in [1.807, 2.05) is 42.1 Å². The van der Waals surface area contributed by atoms with Crippen LogP contribution in [0.4, 0.5) is 0 Å². The predicted molar refractivity (Wildman–Crippen MR) is 93.0 cm³/mol. The van der Waals surface area contributed by atoms with Crippen LogP contribution in [0.5, 0.6) is 0 Å². The van der Waals surface area contributed by atoms with Gasteiger partial charge in [0, 0.05) is 31.9 Å². The van der Waals surface area contributed by atoms with Crippen LogP contribution in [0, 0.1) is 5.92 Å². The Morgan fingerprint density at radius 2 is 2.13 bits per heavy atom. The van der Waals surface area contributed by atoms with Crippen molar-refractivity contribution in [3.05, 3.63) is 30.1 Å². The second-order valence-electron chi connectivity index (χ2n) is 7.33. The molecule has 1 atom stereocenters. The van der Waals surface area contributed by atoms with Crippen LogP contribution in [-0.2, 0) is 11.3 Å². The molecule has 1 fully saturated rings. The summed E-state index contributed by atoms with van der Waals surface area (Å²) < 4.78 is 0. The molecule has 1 aliphatic rings. The molecule has 128 valence electrons. The van der Waals surface area contributed by atoms with Gasteiger partial charge in [-0.1, -0.05) is 6.07 Å². The van der Waals surface area contributed by atoms with Crippen molar-refractivity contribution in [1.29, 1.82) is 0 Å². The average molecular weight is 318 g/mol. The van der Waals surface area contributed by atoms with E-state index >= 15 is 0 Å². The molecule has 2 heterocycles. The summed E-state index contributed by atoms with van der Waals surface area (Å²) in [6, 6.07) is 5.87. The van der Waals surface area contributed by atoms with Gasteiger partial charge in [0.15, 0.2) is 0 Å². The van der Waals surface area contributed by atoms with Gasteiger partial charge >= 0.3 is 0 Å². The number of hydrogen-bond donors (Lipinski definition) is 0. The number of nitrogens with zero attached hydrogens (tertiary/aromatic N) is 4. The molecule has 1 aromatic rings. The third-order valence-electron chi connectivity index (χ3n) is 5.28. The molecule has 5 heteroatoms. The summed E-state index contributed by atoms with van der Waals surface area (Å²) in [5, 5.41) is 0. The molecule has 0 bridgehead atoms. The first-order valence-corrected chi connectivity index (χ1v) is 8.34. The normalized spacial score (nSPS) is 20.9. The molecule has 0 unspecified atom stereocenters. The Balaban J connectivity index is 1.83. The fourth-order valence-electron chi connectivity index (χ4n) is 3.23. The lowest BCUT2D eigenvalue weighted by molar-refractivity contribution is -0.131. The Kier molecular flexibility index (Phi) is 5.76. The highest BCUT2D eigenvalue weighted by Crippen LogP contribution is 2.33. The van der Waals surface area contributed by atoms with Gasteiger partial charge in [0.1, 0.15) is 0 Å². The SMILES string of the molecule is CN(CC(=O)N(C)C[C@H]1CCN(C)C1(C)C)Cc1ccccn1. The number of hydrogen-bond acceptors (Lipinski definition) is 4. The van der Waals surface area contributed by atoms with E-state index < -0.39 is 0 Å². The average Bonchev–Trinajstić information content (AvgIpc) is 2.74. The molecule has 1 saturated heterocycles. The lowest BCUT2D eigenvalue weighted by atomic mass is 9.88. The molecule has 2 rings (SSSR count). The molecule has 0 spiro atoms. The standard InChI is InChI=1S/C18H30N4O/c1-18(2)15(9-11-22(18)5)12-21(4)17(23)14-20(3)13-16-8-6-7-10-19-16/h6-8,10,15H,9,11-14H2,1-5H3/t15-/m1/s1. The van der Waals surface area contributed by atoms with Gasteiger partial charge < -0.3 is 9.80 Å². The van der Waals surface area contributed by atoms with Crippen molar-refractivity contribution >= 4 is 5.91 Å². The highest BCUT2D eigenvalue weighted by Gasteiger charge is 2.39. The number of rotatable bonds is 6. The molecule has 1 amide bonds. The minimum atomic E-state index is 0.161. The van der Waals surface area contributed by atoms with Gasteiger partial charge in [-0.05, 0) is 59.0 Å². The van der Waals surface area contributed by atoms with Crippen LogP contribution in [0.15, 0.2) is 24.4 Å². The zero-order valence-electron chi connectivity index (χ0n) is 15.1. The van der Waals surface area contributed by atoms with Crippen molar-refractivity contribution in [2.45, 2.75) is 32.4 Å². The van der Waals surface area contributed by atoms with E-state index in [1.165, 1.54) is 0 Å². The van der Waals surface area contributed by atoms with Crippen LogP contribution in [0.1, 0.15) is 26.0 Å². The van der Waals surface area contributed by atoms with E-state index in [-0.39, 0.29) is 11.4 Å². The van der Waals surface area contributed by atoms with E-state index in [2.05, 4.69) is 30.8 Å². The summed E-state index contributed by atoms with van der Waals surface area (Å²) in [5.41, 5.74) is 1.15. The first kappa shape index (κ1) is 17.9.